The summed E-state index contributed by atoms with van der Waals surface area (Å²) >= 11 is 12.4. The Hall–Kier alpha value is -2.72. The zero-order valence-corrected chi connectivity index (χ0v) is 18.7. The number of amides is 1. The van der Waals surface area contributed by atoms with Crippen LogP contribution in [-0.4, -0.2) is 44.8 Å². The first-order valence-corrected chi connectivity index (χ1v) is 10.8. The minimum absolute atomic E-state index is 0.0840. The van der Waals surface area contributed by atoms with E-state index in [1.807, 2.05) is 0 Å². The van der Waals surface area contributed by atoms with E-state index in [-0.39, 0.29) is 22.9 Å². The molecule has 0 atom stereocenters. The quantitative estimate of drug-likeness (QED) is 0.396. The van der Waals surface area contributed by atoms with Gasteiger partial charge in [-0.15, -0.1) is 0 Å². The molecule has 1 saturated heterocycles. The Kier molecular flexibility index (Phi) is 6.38. The molecule has 0 bridgehead atoms. The second-order valence-corrected chi connectivity index (χ2v) is 8.56. The Bertz CT molecular complexity index is 1260. The van der Waals surface area contributed by atoms with Gasteiger partial charge in [-0.2, -0.15) is 4.98 Å². The van der Waals surface area contributed by atoms with Crippen molar-refractivity contribution in [2.75, 3.05) is 20.3 Å². The fourth-order valence-electron chi connectivity index (χ4n) is 2.90. The number of nitrogens with zero attached hydrogens (tertiary/aromatic N) is 3. The van der Waals surface area contributed by atoms with E-state index in [2.05, 4.69) is 4.98 Å². The molecule has 158 valence electrons. The van der Waals surface area contributed by atoms with Crippen molar-refractivity contribution >= 4 is 57.5 Å². The van der Waals surface area contributed by atoms with E-state index in [0.717, 1.165) is 11.8 Å². The molecule has 1 aliphatic heterocycles. The lowest BCUT2D eigenvalue weighted by Crippen LogP contribution is -2.31. The first-order chi connectivity index (χ1) is 15.0. The van der Waals surface area contributed by atoms with Gasteiger partial charge < -0.3 is 9.47 Å². The normalized spacial score (nSPS) is 15.3. The average molecular weight is 474 g/mol. The minimum Gasteiger partial charge on any atom is -0.438 e. The second kappa shape index (κ2) is 9.19. The summed E-state index contributed by atoms with van der Waals surface area (Å²) in [6, 6.07) is 11.9. The van der Waals surface area contributed by atoms with Crippen molar-refractivity contribution < 1.29 is 14.3 Å². The van der Waals surface area contributed by atoms with Crippen LogP contribution < -0.4 is 10.3 Å². The number of ether oxygens (including phenoxy) is 2. The maximum atomic E-state index is 13.2. The van der Waals surface area contributed by atoms with Crippen LogP contribution in [0.3, 0.4) is 0 Å². The molecule has 4 rings (SSSR count). The minimum atomic E-state index is -0.364. The highest BCUT2D eigenvalue weighted by atomic mass is 35.5. The zero-order chi connectivity index (χ0) is 22.0. The molecule has 10 heteroatoms. The number of hydrogen-bond acceptors (Lipinski definition) is 7. The number of thiocarbonyl (C=S) groups is 1. The molecule has 0 N–H and O–H groups in total. The fraction of sp³-hybridized carbons (Fsp3) is 0.143. The third kappa shape index (κ3) is 4.49. The monoisotopic (exact) mass is 473 g/mol. The van der Waals surface area contributed by atoms with E-state index in [1.165, 1.54) is 15.4 Å². The summed E-state index contributed by atoms with van der Waals surface area (Å²) in [7, 11) is 1.55. The molecule has 7 nitrogen and oxygen atoms in total. The number of hydrogen-bond donors (Lipinski definition) is 0. The van der Waals surface area contributed by atoms with Crippen LogP contribution in [0.2, 0.25) is 5.02 Å². The van der Waals surface area contributed by atoms with Crippen molar-refractivity contribution in [3.8, 4) is 11.6 Å². The Balaban J connectivity index is 1.80. The summed E-state index contributed by atoms with van der Waals surface area (Å²) in [5.74, 6) is 0.251. The largest absolute Gasteiger partial charge is 0.438 e. The molecule has 3 aromatic rings. The molecule has 31 heavy (non-hydrogen) atoms. The molecular formula is C21H16ClN3O4S2. The van der Waals surface area contributed by atoms with Gasteiger partial charge in [-0.25, -0.2) is 0 Å². The third-order valence-electron chi connectivity index (χ3n) is 4.43. The van der Waals surface area contributed by atoms with Gasteiger partial charge in [0.05, 0.1) is 18.1 Å². The van der Waals surface area contributed by atoms with Crippen molar-refractivity contribution in [2.45, 2.75) is 0 Å². The Morgan fingerprint density at radius 1 is 1.19 bits per heavy atom. The number of pyridine rings is 1. The van der Waals surface area contributed by atoms with Crippen LogP contribution in [0.1, 0.15) is 5.56 Å². The van der Waals surface area contributed by atoms with Crippen molar-refractivity contribution in [1.29, 1.82) is 0 Å². The van der Waals surface area contributed by atoms with E-state index >= 15 is 0 Å². The molecule has 0 spiro atoms. The molecule has 2 aromatic heterocycles. The van der Waals surface area contributed by atoms with E-state index in [0.29, 0.717) is 38.8 Å². The Labute approximate surface area is 192 Å². The van der Waals surface area contributed by atoms with Gasteiger partial charge in [-0.3, -0.25) is 18.9 Å². The molecule has 0 saturated carbocycles. The van der Waals surface area contributed by atoms with Gasteiger partial charge >= 0.3 is 0 Å². The zero-order valence-electron chi connectivity index (χ0n) is 16.3. The fourth-order valence-corrected chi connectivity index (χ4v) is 4.32. The van der Waals surface area contributed by atoms with Crippen LogP contribution in [-0.2, 0) is 9.53 Å². The number of halogens is 1. The number of methoxy groups -OCH3 is 1. The highest BCUT2D eigenvalue weighted by Crippen LogP contribution is 2.34. The summed E-state index contributed by atoms with van der Waals surface area (Å²) < 4.78 is 12.7. The average Bonchev–Trinajstić information content (AvgIpc) is 3.03. The first-order valence-electron chi connectivity index (χ1n) is 9.17. The highest BCUT2D eigenvalue weighted by molar-refractivity contribution is 8.26. The van der Waals surface area contributed by atoms with Gasteiger partial charge in [0.25, 0.3) is 11.5 Å². The van der Waals surface area contributed by atoms with Gasteiger partial charge in [-0.05, 0) is 42.5 Å². The van der Waals surface area contributed by atoms with Crippen molar-refractivity contribution in [2.24, 2.45) is 0 Å². The molecule has 0 radical (unpaired) electrons. The lowest BCUT2D eigenvalue weighted by molar-refractivity contribution is -0.122. The number of benzene rings is 1. The predicted octanol–water partition coefficient (Wildman–Crippen LogP) is 3.99. The summed E-state index contributed by atoms with van der Waals surface area (Å²) in [6.45, 7) is 0.687. The van der Waals surface area contributed by atoms with Gasteiger partial charge in [0.15, 0.2) is 0 Å². The summed E-state index contributed by atoms with van der Waals surface area (Å²) in [6.07, 6.45) is 3.09. The molecule has 1 fully saturated rings. The van der Waals surface area contributed by atoms with Crippen LogP contribution in [0.5, 0.6) is 11.6 Å². The second-order valence-electron chi connectivity index (χ2n) is 6.45. The van der Waals surface area contributed by atoms with Crippen LogP contribution in [0, 0.1) is 0 Å². The van der Waals surface area contributed by atoms with Gasteiger partial charge in [-0.1, -0.05) is 41.6 Å². The molecule has 0 aliphatic carbocycles. The highest BCUT2D eigenvalue weighted by Gasteiger charge is 2.32. The van der Waals surface area contributed by atoms with Crippen LogP contribution in [0.4, 0.5) is 0 Å². The lowest BCUT2D eigenvalue weighted by atomic mass is 10.2. The maximum Gasteiger partial charge on any atom is 0.269 e. The van der Waals surface area contributed by atoms with Crippen molar-refractivity contribution in [1.82, 2.24) is 14.3 Å². The number of aromatic nitrogens is 2. The van der Waals surface area contributed by atoms with Crippen molar-refractivity contribution in [3.05, 3.63) is 74.5 Å². The molecular weight excluding hydrogens is 458 g/mol. The summed E-state index contributed by atoms with van der Waals surface area (Å²) in [4.78, 5) is 32.3. The Morgan fingerprint density at radius 3 is 2.71 bits per heavy atom. The maximum absolute atomic E-state index is 13.2. The van der Waals surface area contributed by atoms with E-state index in [4.69, 9.17) is 33.3 Å². The number of carbonyl (C=O) groups excluding carboxylic acids is 1. The SMILES string of the molecule is COCCN1C(=O)/C(=C/c2c(Oc3ccc(Cl)cc3)nc3ccccn3c2=O)SC1=S. The summed E-state index contributed by atoms with van der Waals surface area (Å²) in [5, 5.41) is 0.554. The van der Waals surface area contributed by atoms with E-state index in [1.54, 1.807) is 55.8 Å². The predicted molar refractivity (Wildman–Crippen MR) is 125 cm³/mol. The van der Waals surface area contributed by atoms with Gasteiger partial charge in [0, 0.05) is 18.3 Å². The molecule has 1 amide bonds. The third-order valence-corrected chi connectivity index (χ3v) is 6.06. The Morgan fingerprint density at radius 2 is 1.97 bits per heavy atom. The van der Waals surface area contributed by atoms with E-state index in [9.17, 15) is 9.59 Å². The molecule has 1 aromatic carbocycles. The van der Waals surface area contributed by atoms with Gasteiger partial charge in [0.2, 0.25) is 5.88 Å². The van der Waals surface area contributed by atoms with Crippen LogP contribution in [0.25, 0.3) is 11.7 Å². The number of fused-ring (bicyclic) bond motifs is 1. The van der Waals surface area contributed by atoms with Gasteiger partial charge in [0.1, 0.15) is 21.3 Å². The molecule has 3 heterocycles. The molecule has 0 unspecified atom stereocenters. The topological polar surface area (TPSA) is 73.1 Å². The van der Waals surface area contributed by atoms with E-state index < -0.39 is 0 Å². The lowest BCUT2D eigenvalue weighted by Gasteiger charge is -2.13. The molecule has 1 aliphatic rings. The standard InChI is InChI=1S/C21H16ClN3O4S2/c1-28-11-10-25-20(27)16(31-21(25)30)12-15-18(29-14-7-5-13(22)6-8-14)23-17-4-2-3-9-24(17)19(15)26/h2-9,12H,10-11H2,1H3/b16-12-. The number of rotatable bonds is 6. The van der Waals surface area contributed by atoms with Crippen LogP contribution in [0.15, 0.2) is 58.4 Å². The number of carbonyl (C=O) groups is 1. The first kappa shape index (κ1) is 21.5. The van der Waals surface area contributed by atoms with Crippen LogP contribution >= 0.6 is 35.6 Å². The van der Waals surface area contributed by atoms with Crippen molar-refractivity contribution in [3.63, 3.8) is 0 Å². The number of thioether (sulfide) groups is 1. The summed E-state index contributed by atoms with van der Waals surface area (Å²) in [5.41, 5.74) is 0.198. The smallest absolute Gasteiger partial charge is 0.269 e.